The molecule has 1 N–H and O–H groups in total. The van der Waals surface area contributed by atoms with Crippen LogP contribution in [0.3, 0.4) is 0 Å². The Kier molecular flexibility index (Phi) is 4.24. The number of pyridine rings is 1. The van der Waals surface area contributed by atoms with Crippen LogP contribution in [-0.2, 0) is 0 Å². The van der Waals surface area contributed by atoms with Crippen LogP contribution in [0.15, 0.2) is 41.5 Å². The van der Waals surface area contributed by atoms with Gasteiger partial charge in [0, 0.05) is 23.2 Å². The first-order chi connectivity index (χ1) is 14.0. The van der Waals surface area contributed by atoms with E-state index in [-0.39, 0.29) is 11.6 Å². The van der Waals surface area contributed by atoms with Crippen LogP contribution >= 0.6 is 0 Å². The molecule has 1 saturated heterocycles. The van der Waals surface area contributed by atoms with Crippen LogP contribution in [0.5, 0.6) is 0 Å². The molecule has 6 nitrogen and oxygen atoms in total. The summed E-state index contributed by atoms with van der Waals surface area (Å²) < 4.78 is 3.78. The second-order valence-electron chi connectivity index (χ2n) is 8.13. The number of hydrogen-bond donors (Lipinski definition) is 1. The SMILES string of the molecule is Cc1cn2nc(-c3ccc4c(=O)n(C5CCNCC5)cc(C)c4c3)cc(C)c2n1. The van der Waals surface area contributed by atoms with E-state index in [2.05, 4.69) is 36.3 Å². The van der Waals surface area contributed by atoms with Crippen molar-refractivity contribution in [1.29, 1.82) is 0 Å². The zero-order valence-corrected chi connectivity index (χ0v) is 17.1. The van der Waals surface area contributed by atoms with Gasteiger partial charge in [0.05, 0.1) is 17.6 Å². The van der Waals surface area contributed by atoms with E-state index in [1.807, 2.05) is 40.5 Å². The largest absolute Gasteiger partial charge is 0.317 e. The van der Waals surface area contributed by atoms with Crippen LogP contribution in [-0.4, -0.2) is 32.3 Å². The van der Waals surface area contributed by atoms with E-state index in [1.54, 1.807) is 0 Å². The number of rotatable bonds is 2. The van der Waals surface area contributed by atoms with Gasteiger partial charge in [-0.1, -0.05) is 6.07 Å². The number of nitrogens with zero attached hydrogens (tertiary/aromatic N) is 4. The molecule has 1 fully saturated rings. The van der Waals surface area contributed by atoms with Gasteiger partial charge in [0.2, 0.25) is 0 Å². The summed E-state index contributed by atoms with van der Waals surface area (Å²) >= 11 is 0. The Morgan fingerprint density at radius 1 is 1.00 bits per heavy atom. The molecule has 1 aliphatic heterocycles. The monoisotopic (exact) mass is 387 g/mol. The maximum atomic E-state index is 13.2. The quantitative estimate of drug-likeness (QED) is 0.571. The molecule has 29 heavy (non-hydrogen) atoms. The molecule has 148 valence electrons. The van der Waals surface area contributed by atoms with Crippen molar-refractivity contribution in [2.45, 2.75) is 39.7 Å². The Morgan fingerprint density at radius 2 is 1.79 bits per heavy atom. The van der Waals surface area contributed by atoms with E-state index in [0.29, 0.717) is 0 Å². The van der Waals surface area contributed by atoms with E-state index >= 15 is 0 Å². The van der Waals surface area contributed by atoms with Gasteiger partial charge in [0.15, 0.2) is 5.65 Å². The number of fused-ring (bicyclic) bond motifs is 2. The molecule has 0 bridgehead atoms. The van der Waals surface area contributed by atoms with Crippen LogP contribution in [0.25, 0.3) is 27.7 Å². The zero-order chi connectivity index (χ0) is 20.1. The lowest BCUT2D eigenvalue weighted by Gasteiger charge is -2.25. The third kappa shape index (κ3) is 3.04. The minimum Gasteiger partial charge on any atom is -0.317 e. The summed E-state index contributed by atoms with van der Waals surface area (Å²) in [5.74, 6) is 0. The molecule has 1 aliphatic rings. The predicted octanol–water partition coefficient (Wildman–Crippen LogP) is 3.56. The summed E-state index contributed by atoms with van der Waals surface area (Å²) in [6.45, 7) is 8.05. The summed E-state index contributed by atoms with van der Waals surface area (Å²) in [6, 6.07) is 8.40. The van der Waals surface area contributed by atoms with E-state index in [1.165, 1.54) is 0 Å². The van der Waals surface area contributed by atoms with E-state index < -0.39 is 0 Å². The van der Waals surface area contributed by atoms with Crippen molar-refractivity contribution >= 4 is 16.4 Å². The lowest BCUT2D eigenvalue weighted by Crippen LogP contribution is -2.34. The first-order valence-electron chi connectivity index (χ1n) is 10.2. The highest BCUT2D eigenvalue weighted by atomic mass is 16.1. The number of benzene rings is 1. The smallest absolute Gasteiger partial charge is 0.258 e. The summed E-state index contributed by atoms with van der Waals surface area (Å²) in [5.41, 5.74) is 6.04. The normalized spacial score (nSPS) is 15.4. The van der Waals surface area contributed by atoms with Gasteiger partial charge in [-0.15, -0.1) is 0 Å². The van der Waals surface area contributed by atoms with Gasteiger partial charge in [-0.3, -0.25) is 4.79 Å². The van der Waals surface area contributed by atoms with Crippen molar-refractivity contribution in [1.82, 2.24) is 24.5 Å². The van der Waals surface area contributed by atoms with Gasteiger partial charge in [0.25, 0.3) is 5.56 Å². The molecule has 0 aliphatic carbocycles. The van der Waals surface area contributed by atoms with Crippen molar-refractivity contribution in [3.05, 3.63) is 63.8 Å². The van der Waals surface area contributed by atoms with Crippen molar-refractivity contribution in [3.63, 3.8) is 0 Å². The molecule has 4 heterocycles. The van der Waals surface area contributed by atoms with Crippen LogP contribution in [0.4, 0.5) is 0 Å². The van der Waals surface area contributed by atoms with Crippen LogP contribution in [0.2, 0.25) is 0 Å². The number of hydrogen-bond acceptors (Lipinski definition) is 4. The predicted molar refractivity (Wildman–Crippen MR) is 116 cm³/mol. The van der Waals surface area contributed by atoms with Crippen LogP contribution in [0, 0.1) is 20.8 Å². The highest BCUT2D eigenvalue weighted by Crippen LogP contribution is 2.27. The molecular formula is C23H25N5O. The van der Waals surface area contributed by atoms with Gasteiger partial charge in [-0.05, 0) is 81.4 Å². The van der Waals surface area contributed by atoms with Crippen molar-refractivity contribution < 1.29 is 0 Å². The van der Waals surface area contributed by atoms with Gasteiger partial charge >= 0.3 is 0 Å². The first-order valence-corrected chi connectivity index (χ1v) is 10.2. The molecule has 6 heteroatoms. The molecule has 1 aromatic carbocycles. The fourth-order valence-electron chi connectivity index (χ4n) is 4.43. The van der Waals surface area contributed by atoms with Gasteiger partial charge in [-0.2, -0.15) is 5.10 Å². The first kappa shape index (κ1) is 18.1. The molecule has 5 rings (SSSR count). The Bertz CT molecular complexity index is 1290. The average Bonchev–Trinajstić information content (AvgIpc) is 3.12. The Hall–Kier alpha value is -2.99. The second kappa shape index (κ2) is 6.81. The summed E-state index contributed by atoms with van der Waals surface area (Å²) in [7, 11) is 0. The molecule has 0 spiro atoms. The molecule has 0 saturated carbocycles. The minimum absolute atomic E-state index is 0.105. The number of imidazole rings is 1. The Morgan fingerprint density at radius 3 is 2.59 bits per heavy atom. The van der Waals surface area contributed by atoms with Gasteiger partial charge in [-0.25, -0.2) is 9.50 Å². The molecule has 0 radical (unpaired) electrons. The van der Waals surface area contributed by atoms with Crippen molar-refractivity contribution in [2.24, 2.45) is 0 Å². The number of nitrogens with one attached hydrogen (secondary N) is 1. The number of piperidine rings is 1. The van der Waals surface area contributed by atoms with E-state index in [0.717, 1.165) is 70.4 Å². The topological polar surface area (TPSA) is 64.2 Å². The lowest BCUT2D eigenvalue weighted by molar-refractivity contribution is 0.361. The molecular weight excluding hydrogens is 362 g/mol. The summed E-state index contributed by atoms with van der Waals surface area (Å²) in [5, 5.41) is 9.89. The van der Waals surface area contributed by atoms with Crippen LogP contribution in [0.1, 0.15) is 35.7 Å². The third-order valence-electron chi connectivity index (χ3n) is 5.97. The molecule has 0 atom stereocenters. The standard InChI is InChI=1S/C23H25N5O/c1-14-10-21(26-28-13-16(3)25-22(14)28)17-4-5-19-20(11-17)15(2)12-27(23(19)29)18-6-8-24-9-7-18/h4-5,10-13,18,24H,6-9H2,1-3H3. The maximum Gasteiger partial charge on any atom is 0.258 e. The Labute approximate surface area is 169 Å². The van der Waals surface area contributed by atoms with E-state index in [9.17, 15) is 4.79 Å². The average molecular weight is 387 g/mol. The summed E-state index contributed by atoms with van der Waals surface area (Å²) in [4.78, 5) is 17.7. The number of aromatic nitrogens is 4. The highest BCUT2D eigenvalue weighted by Gasteiger charge is 2.18. The maximum absolute atomic E-state index is 13.2. The summed E-state index contributed by atoms with van der Waals surface area (Å²) in [6.07, 6.45) is 5.97. The molecule has 3 aromatic heterocycles. The second-order valence-corrected chi connectivity index (χ2v) is 8.13. The van der Waals surface area contributed by atoms with Crippen molar-refractivity contribution in [2.75, 3.05) is 13.1 Å². The molecule has 4 aromatic rings. The third-order valence-corrected chi connectivity index (χ3v) is 5.97. The van der Waals surface area contributed by atoms with Gasteiger partial charge < -0.3 is 9.88 Å². The lowest BCUT2D eigenvalue weighted by atomic mass is 10.0. The van der Waals surface area contributed by atoms with Crippen molar-refractivity contribution in [3.8, 4) is 11.3 Å². The zero-order valence-electron chi connectivity index (χ0n) is 17.1. The van der Waals surface area contributed by atoms with Gasteiger partial charge in [0.1, 0.15) is 0 Å². The Balaban J connectivity index is 1.64. The fourth-order valence-corrected chi connectivity index (χ4v) is 4.43. The molecule has 0 unspecified atom stereocenters. The molecule has 0 amide bonds. The fraction of sp³-hybridized carbons (Fsp3) is 0.348. The van der Waals surface area contributed by atoms with Crippen LogP contribution < -0.4 is 10.9 Å². The minimum atomic E-state index is 0.105. The van der Waals surface area contributed by atoms with E-state index in [4.69, 9.17) is 5.10 Å². The highest BCUT2D eigenvalue weighted by molar-refractivity contribution is 5.88. The number of aryl methyl sites for hydroxylation is 3.